The van der Waals surface area contributed by atoms with Crippen LogP contribution in [0.3, 0.4) is 0 Å². The highest BCUT2D eigenvalue weighted by Gasteiger charge is 2.36. The molecule has 19 heavy (non-hydrogen) atoms. The van der Waals surface area contributed by atoms with Gasteiger partial charge >= 0.3 is 5.97 Å². The molecule has 0 radical (unpaired) electrons. The molecule has 0 saturated carbocycles. The molecule has 1 aromatic heterocycles. The van der Waals surface area contributed by atoms with Crippen LogP contribution in [0.15, 0.2) is 9.42 Å². The van der Waals surface area contributed by atoms with Crippen molar-refractivity contribution in [3.63, 3.8) is 0 Å². The van der Waals surface area contributed by atoms with Gasteiger partial charge in [0.25, 0.3) is 0 Å². The second-order valence-corrected chi connectivity index (χ2v) is 6.57. The number of piperidine rings is 1. The lowest BCUT2D eigenvalue weighted by Crippen LogP contribution is -2.42. The molecule has 2 rings (SSSR count). The smallest absolute Gasteiger partial charge is 0.307 e. The lowest BCUT2D eigenvalue weighted by molar-refractivity contribution is -0.142. The molecule has 1 saturated heterocycles. The summed E-state index contributed by atoms with van der Waals surface area (Å²) in [5.41, 5.74) is 0.301. The number of hydrogen-bond acceptors (Lipinski definition) is 5. The molecule has 106 valence electrons. The lowest BCUT2D eigenvalue weighted by Gasteiger charge is -2.29. The summed E-state index contributed by atoms with van der Waals surface area (Å²) in [4.78, 5) is 11.0. The maximum atomic E-state index is 12.5. The number of nitrogens with zero attached hydrogens (tertiary/aromatic N) is 2. The zero-order chi connectivity index (χ0) is 14.2. The van der Waals surface area contributed by atoms with Crippen LogP contribution >= 0.6 is 0 Å². The van der Waals surface area contributed by atoms with E-state index in [1.54, 1.807) is 6.92 Å². The van der Waals surface area contributed by atoms with Crippen molar-refractivity contribution >= 4 is 16.0 Å². The highest BCUT2D eigenvalue weighted by Crippen LogP contribution is 2.27. The van der Waals surface area contributed by atoms with E-state index >= 15 is 0 Å². The Bertz CT molecular complexity index is 573. The second kappa shape index (κ2) is 4.93. The minimum absolute atomic E-state index is 0.00171. The first-order chi connectivity index (χ1) is 8.84. The van der Waals surface area contributed by atoms with E-state index in [0.717, 1.165) is 0 Å². The van der Waals surface area contributed by atoms with Crippen molar-refractivity contribution in [2.75, 3.05) is 13.1 Å². The van der Waals surface area contributed by atoms with Gasteiger partial charge in [0.15, 0.2) is 5.76 Å². The standard InChI is InChI=1S/C11H16N2O5S/c1-7-10(8(2)18-12-7)19(16,17)13-5-3-4-9(6-13)11(14)15/h9H,3-6H2,1-2H3,(H,14,15)/t9-/m1/s1. The van der Waals surface area contributed by atoms with Gasteiger partial charge in [-0.25, -0.2) is 8.42 Å². The van der Waals surface area contributed by atoms with Crippen molar-refractivity contribution in [1.82, 2.24) is 9.46 Å². The first-order valence-corrected chi connectivity index (χ1v) is 7.44. The van der Waals surface area contributed by atoms with Crippen LogP contribution in [0.4, 0.5) is 0 Å². The molecule has 1 fully saturated rings. The summed E-state index contributed by atoms with van der Waals surface area (Å²) in [6.07, 6.45) is 1.04. The van der Waals surface area contributed by atoms with Crippen LogP contribution in [0.1, 0.15) is 24.3 Å². The monoisotopic (exact) mass is 288 g/mol. The Morgan fingerprint density at radius 2 is 2.16 bits per heavy atom. The lowest BCUT2D eigenvalue weighted by atomic mass is 10.0. The average Bonchev–Trinajstić information content (AvgIpc) is 2.69. The van der Waals surface area contributed by atoms with Crippen LogP contribution in [0, 0.1) is 19.8 Å². The molecule has 0 bridgehead atoms. The largest absolute Gasteiger partial charge is 0.481 e. The fourth-order valence-electron chi connectivity index (χ4n) is 2.33. The van der Waals surface area contributed by atoms with Gasteiger partial charge in [-0.15, -0.1) is 0 Å². The summed E-state index contributed by atoms with van der Waals surface area (Å²) in [7, 11) is -3.73. The molecule has 2 heterocycles. The molecule has 0 amide bonds. The fourth-order valence-corrected chi connectivity index (χ4v) is 4.15. The predicted octanol–water partition coefficient (Wildman–Crippen LogP) is 0.777. The number of carbonyl (C=O) groups is 1. The van der Waals surface area contributed by atoms with Gasteiger partial charge < -0.3 is 9.63 Å². The topological polar surface area (TPSA) is 101 Å². The van der Waals surface area contributed by atoms with Gasteiger partial charge in [-0.05, 0) is 26.7 Å². The highest BCUT2D eigenvalue weighted by molar-refractivity contribution is 7.89. The second-order valence-electron chi connectivity index (χ2n) is 4.69. The third-order valence-electron chi connectivity index (χ3n) is 3.30. The number of aryl methyl sites for hydroxylation is 2. The summed E-state index contributed by atoms with van der Waals surface area (Å²) in [5.74, 6) is -1.38. The van der Waals surface area contributed by atoms with Crippen LogP contribution in [-0.2, 0) is 14.8 Å². The number of hydrogen-bond donors (Lipinski definition) is 1. The Balaban J connectivity index is 2.32. The van der Waals surface area contributed by atoms with Gasteiger partial charge in [-0.1, -0.05) is 5.16 Å². The molecular weight excluding hydrogens is 272 g/mol. The van der Waals surface area contributed by atoms with Crippen LogP contribution in [0.25, 0.3) is 0 Å². The Kier molecular flexibility index (Phi) is 3.64. The number of carboxylic acid groups (broad SMARTS) is 1. The fraction of sp³-hybridized carbons (Fsp3) is 0.636. The predicted molar refractivity (Wildman–Crippen MR) is 65.1 cm³/mol. The summed E-state index contributed by atoms with van der Waals surface area (Å²) in [5, 5.41) is 12.6. The minimum Gasteiger partial charge on any atom is -0.481 e. The molecule has 1 aromatic rings. The molecule has 1 atom stereocenters. The van der Waals surface area contributed by atoms with Gasteiger partial charge in [0.2, 0.25) is 10.0 Å². The van der Waals surface area contributed by atoms with E-state index < -0.39 is 21.9 Å². The molecule has 0 spiro atoms. The van der Waals surface area contributed by atoms with Gasteiger partial charge in [0, 0.05) is 13.1 Å². The number of aliphatic carboxylic acids is 1. The van der Waals surface area contributed by atoms with E-state index in [1.165, 1.54) is 11.2 Å². The molecule has 7 nitrogen and oxygen atoms in total. The van der Waals surface area contributed by atoms with E-state index in [1.807, 2.05) is 0 Å². The quantitative estimate of drug-likeness (QED) is 0.882. The van der Waals surface area contributed by atoms with Gasteiger partial charge in [0.05, 0.1) is 5.92 Å². The molecular formula is C11H16N2O5S. The molecule has 1 aliphatic rings. The normalized spacial score (nSPS) is 21.5. The van der Waals surface area contributed by atoms with E-state index in [0.29, 0.717) is 25.1 Å². The van der Waals surface area contributed by atoms with Crippen molar-refractivity contribution in [1.29, 1.82) is 0 Å². The summed E-state index contributed by atoms with van der Waals surface area (Å²) < 4.78 is 31.1. The van der Waals surface area contributed by atoms with Crippen LogP contribution in [0.2, 0.25) is 0 Å². The zero-order valence-corrected chi connectivity index (χ0v) is 11.6. The average molecular weight is 288 g/mol. The maximum Gasteiger partial charge on any atom is 0.307 e. The SMILES string of the molecule is Cc1noc(C)c1S(=O)(=O)N1CCC[C@@H](C(=O)O)C1. The Hall–Kier alpha value is -1.41. The summed E-state index contributed by atoms with van der Waals surface area (Å²) in [6.45, 7) is 3.42. The van der Waals surface area contributed by atoms with Crippen molar-refractivity contribution in [3.05, 3.63) is 11.5 Å². The highest BCUT2D eigenvalue weighted by atomic mass is 32.2. The Labute approximate surface area is 111 Å². The summed E-state index contributed by atoms with van der Waals surface area (Å²) >= 11 is 0. The van der Waals surface area contributed by atoms with E-state index in [-0.39, 0.29) is 17.2 Å². The van der Waals surface area contributed by atoms with Crippen LogP contribution < -0.4 is 0 Å². The van der Waals surface area contributed by atoms with Crippen LogP contribution in [-0.4, -0.2) is 42.0 Å². The first-order valence-electron chi connectivity index (χ1n) is 6.00. The van der Waals surface area contributed by atoms with E-state index in [2.05, 4.69) is 5.16 Å². The molecule has 0 unspecified atom stereocenters. The van der Waals surface area contributed by atoms with Crippen molar-refractivity contribution in [2.24, 2.45) is 5.92 Å². The number of carboxylic acids is 1. The molecule has 1 N–H and O–H groups in total. The zero-order valence-electron chi connectivity index (χ0n) is 10.8. The number of aromatic nitrogens is 1. The number of rotatable bonds is 3. The summed E-state index contributed by atoms with van der Waals surface area (Å²) in [6, 6.07) is 0. The van der Waals surface area contributed by atoms with E-state index in [9.17, 15) is 13.2 Å². The third-order valence-corrected chi connectivity index (χ3v) is 5.41. The molecule has 1 aliphatic heterocycles. The first kappa shape index (κ1) is 14.0. The van der Waals surface area contributed by atoms with Gasteiger partial charge in [0.1, 0.15) is 10.6 Å². The molecule has 8 heteroatoms. The molecule has 0 aliphatic carbocycles. The number of sulfonamides is 1. The Morgan fingerprint density at radius 3 is 2.68 bits per heavy atom. The molecule has 0 aromatic carbocycles. The van der Waals surface area contributed by atoms with Crippen molar-refractivity contribution in [2.45, 2.75) is 31.6 Å². The third kappa shape index (κ3) is 2.50. The Morgan fingerprint density at radius 1 is 1.47 bits per heavy atom. The van der Waals surface area contributed by atoms with Crippen molar-refractivity contribution < 1.29 is 22.8 Å². The van der Waals surface area contributed by atoms with Crippen LogP contribution in [0.5, 0.6) is 0 Å². The van der Waals surface area contributed by atoms with Gasteiger partial charge in [-0.3, -0.25) is 4.79 Å². The maximum absolute atomic E-state index is 12.5. The van der Waals surface area contributed by atoms with Gasteiger partial charge in [-0.2, -0.15) is 4.31 Å². The van der Waals surface area contributed by atoms with E-state index in [4.69, 9.17) is 9.63 Å². The van der Waals surface area contributed by atoms with Crippen molar-refractivity contribution in [3.8, 4) is 0 Å². The minimum atomic E-state index is -3.73.